The Kier molecular flexibility index (Phi) is 8.25. The van der Waals surface area contributed by atoms with Gasteiger partial charge in [0, 0.05) is 88.4 Å². The molecule has 10 rings (SSSR count). The molecule has 0 aliphatic carbocycles. The molecule has 2 fully saturated rings. The van der Waals surface area contributed by atoms with Gasteiger partial charge < -0.3 is 9.80 Å². The molecule has 8 aromatic rings. The Morgan fingerprint density at radius 1 is 0.564 bits per heavy atom. The van der Waals surface area contributed by atoms with Crippen LogP contribution in [0.1, 0.15) is 65.8 Å². The number of aromatic nitrogens is 12. The molecule has 55 heavy (non-hydrogen) atoms. The quantitative estimate of drug-likeness (QED) is 0.177. The van der Waals surface area contributed by atoms with Crippen LogP contribution in [0.5, 0.6) is 0 Å². The number of aryl methyl sites for hydroxylation is 7. The Bertz CT molecular complexity index is 2740. The van der Waals surface area contributed by atoms with E-state index in [0.717, 1.165) is 142 Å². The second kappa shape index (κ2) is 13.6. The van der Waals surface area contributed by atoms with E-state index in [1.54, 1.807) is 12.4 Å². The number of nitrogens with zero attached hydrogens (tertiary/aromatic N) is 14. The van der Waals surface area contributed by atoms with Gasteiger partial charge in [0.05, 0.1) is 51.4 Å². The van der Waals surface area contributed by atoms with Crippen molar-refractivity contribution in [3.8, 4) is 11.3 Å². The summed E-state index contributed by atoms with van der Waals surface area (Å²) >= 11 is 0. The maximum absolute atomic E-state index is 5.18. The van der Waals surface area contributed by atoms with Crippen LogP contribution >= 0.6 is 0 Å². The van der Waals surface area contributed by atoms with Gasteiger partial charge in [0.15, 0.2) is 11.3 Å². The average molecular weight is 731 g/mol. The monoisotopic (exact) mass is 730 g/mol. The van der Waals surface area contributed by atoms with Gasteiger partial charge in [-0.15, -0.1) is 0 Å². The van der Waals surface area contributed by atoms with Crippen LogP contribution in [0, 0.1) is 20.8 Å². The van der Waals surface area contributed by atoms with Gasteiger partial charge in [-0.1, -0.05) is 0 Å². The normalized spacial score (nSPS) is 14.8. The fourth-order valence-corrected chi connectivity index (χ4v) is 8.34. The van der Waals surface area contributed by atoms with Crippen LogP contribution in [0.2, 0.25) is 0 Å². The second-order valence-corrected chi connectivity index (χ2v) is 14.8. The zero-order valence-electron chi connectivity index (χ0n) is 31.4. The van der Waals surface area contributed by atoms with Crippen molar-refractivity contribution >= 4 is 45.0 Å². The van der Waals surface area contributed by atoms with E-state index >= 15 is 0 Å². The van der Waals surface area contributed by atoms with Crippen molar-refractivity contribution in [2.75, 3.05) is 36.0 Å². The number of rotatable bonds is 9. The van der Waals surface area contributed by atoms with E-state index in [9.17, 15) is 0 Å². The summed E-state index contributed by atoms with van der Waals surface area (Å²) in [6.45, 7) is 10.1. The van der Waals surface area contributed by atoms with Crippen molar-refractivity contribution in [3.05, 3.63) is 95.5 Å². The second-order valence-electron chi connectivity index (χ2n) is 14.8. The fourth-order valence-electron chi connectivity index (χ4n) is 8.34. The van der Waals surface area contributed by atoms with E-state index in [4.69, 9.17) is 34.9 Å². The Hall–Kier alpha value is -6.18. The van der Waals surface area contributed by atoms with E-state index in [2.05, 4.69) is 45.8 Å². The standard InChI is InChI=1S/C41H42N14/c1-25-37-32(49-36(47-25)13-11-30-40(52-16-4-5-17-52)54-20-15-42-26(2)38(54)50-30)21-28(22-45-37)34-24-55-39(27(3)46-34)51-31(41(55)53-18-6-7-19-53)10-12-35-44-23-33-29(48-35)9-8-14-43-33/h8-9,14-15,20-24H,4-7,10-13,16-19H2,1-3H3. The lowest BCUT2D eigenvalue weighted by Gasteiger charge is -2.19. The lowest BCUT2D eigenvalue weighted by molar-refractivity contribution is 0.828. The minimum absolute atomic E-state index is 0.666. The summed E-state index contributed by atoms with van der Waals surface area (Å²) in [4.78, 5) is 53.4. The molecular formula is C41H42N14. The average Bonchev–Trinajstić information content (AvgIpc) is 4.03. The number of fused-ring (bicyclic) bond motifs is 4. The van der Waals surface area contributed by atoms with Crippen LogP contribution in [-0.4, -0.2) is 84.8 Å². The molecule has 0 radical (unpaired) electrons. The highest BCUT2D eigenvalue weighted by Gasteiger charge is 2.25. The van der Waals surface area contributed by atoms with E-state index < -0.39 is 0 Å². The summed E-state index contributed by atoms with van der Waals surface area (Å²) in [5, 5.41) is 0. The smallest absolute Gasteiger partial charge is 0.160 e. The highest BCUT2D eigenvalue weighted by molar-refractivity contribution is 5.81. The van der Waals surface area contributed by atoms with Gasteiger partial charge in [0.1, 0.15) is 34.3 Å². The minimum atomic E-state index is 0.666. The van der Waals surface area contributed by atoms with Crippen molar-refractivity contribution in [1.29, 1.82) is 0 Å². The van der Waals surface area contributed by atoms with Gasteiger partial charge in [-0.2, -0.15) is 0 Å². The summed E-state index contributed by atoms with van der Waals surface area (Å²) in [7, 11) is 0. The van der Waals surface area contributed by atoms with Crippen molar-refractivity contribution in [2.45, 2.75) is 72.1 Å². The minimum Gasteiger partial charge on any atom is -0.356 e. The summed E-state index contributed by atoms with van der Waals surface area (Å²) in [6, 6.07) is 5.99. The maximum Gasteiger partial charge on any atom is 0.160 e. The maximum atomic E-state index is 5.18. The predicted octanol–water partition coefficient (Wildman–Crippen LogP) is 5.81. The number of imidazole rings is 2. The SMILES string of the molecule is Cc1nc(CCc2nc3c(C)nccn3c2N2CCCC2)nc2cc(-c3cn4c(N5CCCC5)c(CCc5ncc6ncccc6n5)nc4c(C)n3)cnc12. The van der Waals surface area contributed by atoms with Crippen LogP contribution in [0.25, 0.3) is 44.6 Å². The first-order chi connectivity index (χ1) is 27.0. The molecule has 14 heteroatoms. The first-order valence-electron chi connectivity index (χ1n) is 19.4. The van der Waals surface area contributed by atoms with Crippen LogP contribution < -0.4 is 9.80 Å². The third-order valence-corrected chi connectivity index (χ3v) is 11.0. The van der Waals surface area contributed by atoms with Crippen molar-refractivity contribution in [3.63, 3.8) is 0 Å². The molecular weight excluding hydrogens is 689 g/mol. The molecule has 0 bridgehead atoms. The third-order valence-electron chi connectivity index (χ3n) is 11.0. The Labute approximate surface area is 317 Å². The molecule has 0 spiro atoms. The summed E-state index contributed by atoms with van der Waals surface area (Å²) in [5.74, 6) is 3.87. The van der Waals surface area contributed by atoms with Gasteiger partial charge in [-0.05, 0) is 64.7 Å². The molecule has 2 saturated heterocycles. The van der Waals surface area contributed by atoms with Crippen LogP contribution in [0.3, 0.4) is 0 Å². The predicted molar refractivity (Wildman–Crippen MR) is 212 cm³/mol. The molecule has 14 nitrogen and oxygen atoms in total. The number of anilines is 2. The van der Waals surface area contributed by atoms with E-state index in [0.29, 0.717) is 12.8 Å². The summed E-state index contributed by atoms with van der Waals surface area (Å²) in [5.41, 5.74) is 11.5. The molecule has 2 aliphatic rings. The molecule has 0 aromatic carbocycles. The van der Waals surface area contributed by atoms with Crippen LogP contribution in [-0.2, 0) is 25.7 Å². The Morgan fingerprint density at radius 3 is 2.02 bits per heavy atom. The van der Waals surface area contributed by atoms with E-state index in [1.165, 1.54) is 18.7 Å². The largest absolute Gasteiger partial charge is 0.356 e. The molecule has 0 atom stereocenters. The van der Waals surface area contributed by atoms with Crippen LogP contribution in [0.15, 0.2) is 55.4 Å². The zero-order chi connectivity index (χ0) is 37.0. The number of pyridine rings is 2. The first-order valence-corrected chi connectivity index (χ1v) is 19.4. The molecule has 8 aromatic heterocycles. The molecule has 0 N–H and O–H groups in total. The number of hydrogen-bond acceptors (Lipinski definition) is 12. The van der Waals surface area contributed by atoms with Crippen molar-refractivity contribution in [2.24, 2.45) is 0 Å². The van der Waals surface area contributed by atoms with Crippen molar-refractivity contribution < 1.29 is 0 Å². The van der Waals surface area contributed by atoms with Gasteiger partial charge in [0.25, 0.3) is 0 Å². The van der Waals surface area contributed by atoms with Crippen molar-refractivity contribution in [1.82, 2.24) is 58.6 Å². The third kappa shape index (κ3) is 6.05. The molecule has 0 amide bonds. The summed E-state index contributed by atoms with van der Waals surface area (Å²) < 4.78 is 4.43. The molecule has 0 unspecified atom stereocenters. The zero-order valence-corrected chi connectivity index (χ0v) is 31.4. The van der Waals surface area contributed by atoms with Gasteiger partial charge in [-0.25, -0.2) is 34.9 Å². The van der Waals surface area contributed by atoms with Gasteiger partial charge >= 0.3 is 0 Å². The number of hydrogen-bond donors (Lipinski definition) is 0. The summed E-state index contributed by atoms with van der Waals surface area (Å²) in [6.07, 6.45) is 19.0. The lowest BCUT2D eigenvalue weighted by Crippen LogP contribution is -2.21. The Balaban J connectivity index is 0.973. The lowest BCUT2D eigenvalue weighted by atomic mass is 10.1. The molecule has 2 aliphatic heterocycles. The van der Waals surface area contributed by atoms with Crippen LogP contribution in [0.4, 0.5) is 11.6 Å². The highest BCUT2D eigenvalue weighted by atomic mass is 15.3. The van der Waals surface area contributed by atoms with Gasteiger partial charge in [0.2, 0.25) is 0 Å². The fraction of sp³-hybridized carbons (Fsp3) is 0.366. The topological polar surface area (TPSA) is 144 Å². The highest BCUT2D eigenvalue weighted by Crippen LogP contribution is 2.32. The molecule has 0 saturated carbocycles. The Morgan fingerprint density at radius 2 is 1.25 bits per heavy atom. The molecule has 10 heterocycles. The van der Waals surface area contributed by atoms with Gasteiger partial charge in [-0.3, -0.25) is 23.8 Å². The first kappa shape index (κ1) is 33.4. The van der Waals surface area contributed by atoms with E-state index in [-0.39, 0.29) is 0 Å². The molecule has 276 valence electrons. The van der Waals surface area contributed by atoms with E-state index in [1.807, 2.05) is 51.5 Å².